The molecule has 0 aliphatic heterocycles. The molecule has 0 aliphatic rings. The van der Waals surface area contributed by atoms with E-state index in [1.807, 2.05) is 6.92 Å². The van der Waals surface area contributed by atoms with Gasteiger partial charge in [-0.1, -0.05) is 24.6 Å². The lowest BCUT2D eigenvalue weighted by molar-refractivity contribution is 0.247. The number of benzene rings is 1. The molecule has 2 heterocycles. The van der Waals surface area contributed by atoms with Crippen molar-refractivity contribution in [1.82, 2.24) is 14.5 Å². The van der Waals surface area contributed by atoms with Crippen LogP contribution in [0.4, 0.5) is 10.3 Å². The molecule has 0 radical (unpaired) electrons. The summed E-state index contributed by atoms with van der Waals surface area (Å²) < 4.78 is 14.8. The second kappa shape index (κ2) is 9.80. The Balaban J connectivity index is 1.91. The van der Waals surface area contributed by atoms with Crippen molar-refractivity contribution in [3.8, 4) is 11.3 Å². The fourth-order valence-corrected chi connectivity index (χ4v) is 3.22. The standard InChI is InChI=1S/C21H22ClFN4O3/c1-2-15(11-28)25-21-24-7-5-18(26-21)13-6-8-27(20(30)10-13)19(12-29)14-3-4-17(23)16(22)9-14/h3-10,15,19,28-29H,2,11-12H2,1H3,(H,24,25,26). The van der Waals surface area contributed by atoms with E-state index < -0.39 is 11.9 Å². The highest BCUT2D eigenvalue weighted by atomic mass is 35.5. The lowest BCUT2D eigenvalue weighted by Gasteiger charge is -2.19. The Bertz CT molecular complexity index is 1070. The summed E-state index contributed by atoms with van der Waals surface area (Å²) in [5.41, 5.74) is 1.27. The molecule has 0 fully saturated rings. The van der Waals surface area contributed by atoms with Crippen LogP contribution in [-0.4, -0.2) is 44.0 Å². The Morgan fingerprint density at radius 1 is 1.20 bits per heavy atom. The minimum absolute atomic E-state index is 0.0456. The van der Waals surface area contributed by atoms with Gasteiger partial charge in [0.1, 0.15) is 5.82 Å². The summed E-state index contributed by atoms with van der Waals surface area (Å²) in [7, 11) is 0. The molecule has 0 saturated heterocycles. The van der Waals surface area contributed by atoms with Gasteiger partial charge in [-0.05, 0) is 36.2 Å². The summed E-state index contributed by atoms with van der Waals surface area (Å²) >= 11 is 5.84. The first-order valence-corrected chi connectivity index (χ1v) is 9.83. The number of hydrogen-bond donors (Lipinski definition) is 3. The quantitative estimate of drug-likeness (QED) is 0.506. The van der Waals surface area contributed by atoms with Crippen LogP contribution < -0.4 is 10.9 Å². The van der Waals surface area contributed by atoms with Crippen molar-refractivity contribution >= 4 is 17.5 Å². The van der Waals surface area contributed by atoms with Crippen LogP contribution in [0, 0.1) is 5.82 Å². The Morgan fingerprint density at radius 3 is 2.63 bits per heavy atom. The lowest BCUT2D eigenvalue weighted by atomic mass is 10.1. The third-order valence-electron chi connectivity index (χ3n) is 4.78. The van der Waals surface area contributed by atoms with E-state index in [0.717, 1.165) is 0 Å². The van der Waals surface area contributed by atoms with Crippen molar-refractivity contribution in [2.24, 2.45) is 0 Å². The zero-order chi connectivity index (χ0) is 21.7. The number of aromatic nitrogens is 3. The van der Waals surface area contributed by atoms with Crippen LogP contribution >= 0.6 is 11.6 Å². The van der Waals surface area contributed by atoms with Gasteiger partial charge in [0.2, 0.25) is 5.95 Å². The normalized spacial score (nSPS) is 13.1. The van der Waals surface area contributed by atoms with Crippen molar-refractivity contribution in [3.63, 3.8) is 0 Å². The maximum absolute atomic E-state index is 13.5. The van der Waals surface area contributed by atoms with E-state index in [4.69, 9.17) is 11.6 Å². The van der Waals surface area contributed by atoms with Gasteiger partial charge in [0.15, 0.2) is 0 Å². The monoisotopic (exact) mass is 432 g/mol. The highest BCUT2D eigenvalue weighted by molar-refractivity contribution is 6.30. The number of pyridine rings is 1. The van der Waals surface area contributed by atoms with Crippen molar-refractivity contribution in [2.75, 3.05) is 18.5 Å². The van der Waals surface area contributed by atoms with Gasteiger partial charge in [0.25, 0.3) is 5.56 Å². The molecular weight excluding hydrogens is 411 g/mol. The van der Waals surface area contributed by atoms with Gasteiger partial charge in [-0.25, -0.2) is 14.4 Å². The Kier molecular flexibility index (Phi) is 7.15. The zero-order valence-electron chi connectivity index (χ0n) is 16.3. The van der Waals surface area contributed by atoms with Crippen LogP contribution in [0.25, 0.3) is 11.3 Å². The van der Waals surface area contributed by atoms with Gasteiger partial charge >= 0.3 is 0 Å². The number of halogens is 2. The van der Waals surface area contributed by atoms with E-state index in [9.17, 15) is 19.4 Å². The minimum Gasteiger partial charge on any atom is -0.394 e. The molecule has 3 N–H and O–H groups in total. The summed E-state index contributed by atoms with van der Waals surface area (Å²) in [5, 5.41) is 22.1. The Hall–Kier alpha value is -2.81. The summed E-state index contributed by atoms with van der Waals surface area (Å²) in [4.78, 5) is 21.3. The van der Waals surface area contributed by atoms with E-state index >= 15 is 0 Å². The van der Waals surface area contributed by atoms with Gasteiger partial charge in [-0.15, -0.1) is 0 Å². The number of anilines is 1. The fraction of sp³-hybridized carbons (Fsp3) is 0.286. The molecule has 0 bridgehead atoms. The molecule has 158 valence electrons. The first-order valence-electron chi connectivity index (χ1n) is 9.45. The molecule has 0 spiro atoms. The number of hydrogen-bond acceptors (Lipinski definition) is 6. The van der Waals surface area contributed by atoms with E-state index in [1.165, 1.54) is 28.8 Å². The second-order valence-electron chi connectivity index (χ2n) is 6.73. The summed E-state index contributed by atoms with van der Waals surface area (Å²) in [6.07, 6.45) is 3.82. The molecule has 0 aliphatic carbocycles. The fourth-order valence-electron chi connectivity index (χ4n) is 3.03. The van der Waals surface area contributed by atoms with Crippen molar-refractivity contribution in [2.45, 2.75) is 25.4 Å². The van der Waals surface area contributed by atoms with Crippen LogP contribution in [0.2, 0.25) is 5.02 Å². The molecule has 1 aromatic carbocycles. The van der Waals surface area contributed by atoms with Crippen LogP contribution in [0.15, 0.2) is 53.6 Å². The summed E-state index contributed by atoms with van der Waals surface area (Å²) in [5.74, 6) is -0.216. The summed E-state index contributed by atoms with van der Waals surface area (Å²) in [6, 6.07) is 7.98. The highest BCUT2D eigenvalue weighted by Crippen LogP contribution is 2.24. The molecule has 0 amide bonds. The predicted octanol–water partition coefficient (Wildman–Crippen LogP) is 2.86. The largest absolute Gasteiger partial charge is 0.394 e. The van der Waals surface area contributed by atoms with Crippen LogP contribution in [0.5, 0.6) is 0 Å². The maximum atomic E-state index is 13.5. The molecule has 2 unspecified atom stereocenters. The smallest absolute Gasteiger partial charge is 0.251 e. The average molecular weight is 433 g/mol. The number of nitrogens with zero attached hydrogens (tertiary/aromatic N) is 3. The van der Waals surface area contributed by atoms with E-state index in [1.54, 1.807) is 24.5 Å². The topological polar surface area (TPSA) is 100 Å². The van der Waals surface area contributed by atoms with Gasteiger partial charge in [-0.2, -0.15) is 0 Å². The van der Waals surface area contributed by atoms with E-state index in [2.05, 4.69) is 15.3 Å². The SMILES string of the molecule is CCC(CO)Nc1nccc(-c2ccn(C(CO)c3ccc(F)c(Cl)c3)c(=O)c2)n1. The third-order valence-corrected chi connectivity index (χ3v) is 5.07. The molecule has 9 heteroatoms. The Labute approximate surface area is 177 Å². The van der Waals surface area contributed by atoms with E-state index in [0.29, 0.717) is 29.2 Å². The van der Waals surface area contributed by atoms with Crippen molar-refractivity contribution < 1.29 is 14.6 Å². The minimum atomic E-state index is -0.706. The van der Waals surface area contributed by atoms with Crippen molar-refractivity contribution in [3.05, 3.63) is 75.5 Å². The number of aliphatic hydroxyl groups excluding tert-OH is 2. The molecule has 0 saturated carbocycles. The van der Waals surface area contributed by atoms with E-state index in [-0.39, 0.29) is 29.8 Å². The third kappa shape index (κ3) is 4.84. The van der Waals surface area contributed by atoms with Crippen molar-refractivity contribution in [1.29, 1.82) is 0 Å². The maximum Gasteiger partial charge on any atom is 0.251 e. The number of rotatable bonds is 8. The number of nitrogens with one attached hydrogen (secondary N) is 1. The molecule has 2 aromatic heterocycles. The molecule has 2 atom stereocenters. The summed E-state index contributed by atoms with van der Waals surface area (Å²) in [6.45, 7) is 1.53. The second-order valence-corrected chi connectivity index (χ2v) is 7.14. The molecule has 3 rings (SSSR count). The van der Waals surface area contributed by atoms with Crippen LogP contribution in [0.1, 0.15) is 24.9 Å². The first kappa shape index (κ1) is 21.9. The molecular formula is C21H22ClFN4O3. The molecule has 3 aromatic rings. The number of aliphatic hydroxyl groups is 2. The predicted molar refractivity (Wildman–Crippen MR) is 113 cm³/mol. The average Bonchev–Trinajstić information content (AvgIpc) is 2.76. The van der Waals surface area contributed by atoms with Gasteiger partial charge in [0, 0.05) is 24.0 Å². The first-order chi connectivity index (χ1) is 14.5. The van der Waals surface area contributed by atoms with Crippen LogP contribution in [-0.2, 0) is 0 Å². The van der Waals surface area contributed by atoms with Crippen LogP contribution in [0.3, 0.4) is 0 Å². The lowest BCUT2D eigenvalue weighted by Crippen LogP contribution is -2.27. The Morgan fingerprint density at radius 2 is 2.00 bits per heavy atom. The molecule has 7 nitrogen and oxygen atoms in total. The zero-order valence-corrected chi connectivity index (χ0v) is 17.1. The highest BCUT2D eigenvalue weighted by Gasteiger charge is 2.16. The van der Waals surface area contributed by atoms with Gasteiger partial charge in [0.05, 0.1) is 36.0 Å². The van der Waals surface area contributed by atoms with Gasteiger partial charge in [-0.3, -0.25) is 4.79 Å². The van der Waals surface area contributed by atoms with Gasteiger partial charge < -0.3 is 20.1 Å². The molecule has 30 heavy (non-hydrogen) atoms.